The van der Waals surface area contributed by atoms with Crippen LogP contribution < -0.4 is 5.73 Å². The summed E-state index contributed by atoms with van der Waals surface area (Å²) in [6, 6.07) is 0. The Labute approximate surface area is 97.2 Å². The third-order valence-corrected chi connectivity index (χ3v) is 2.98. The highest BCUT2D eigenvalue weighted by molar-refractivity contribution is 5.76. The average Bonchev–Trinajstić information content (AvgIpc) is 2.17. The van der Waals surface area contributed by atoms with Gasteiger partial charge in [0.05, 0.1) is 0 Å². The maximum absolute atomic E-state index is 11.0. The Morgan fingerprint density at radius 2 is 1.81 bits per heavy atom. The van der Waals surface area contributed by atoms with E-state index in [1.807, 2.05) is 13.8 Å². The Balaban J connectivity index is 4.08. The van der Waals surface area contributed by atoms with Crippen molar-refractivity contribution in [2.45, 2.75) is 52.4 Å². The fourth-order valence-electron chi connectivity index (χ4n) is 1.99. The van der Waals surface area contributed by atoms with Gasteiger partial charge in [0.1, 0.15) is 0 Å². The van der Waals surface area contributed by atoms with Crippen LogP contribution in [0.4, 0.5) is 0 Å². The highest BCUT2D eigenvalue weighted by Crippen LogP contribution is 2.22. The Bertz CT molecular complexity index is 228. The summed E-state index contributed by atoms with van der Waals surface area (Å²) in [6.07, 6.45) is 4.31. The van der Waals surface area contributed by atoms with Crippen LogP contribution in [-0.4, -0.2) is 17.0 Å². The van der Waals surface area contributed by atoms with Gasteiger partial charge in [0.2, 0.25) is 5.91 Å². The van der Waals surface area contributed by atoms with E-state index in [0.717, 1.165) is 25.7 Å². The third-order valence-electron chi connectivity index (χ3n) is 2.98. The van der Waals surface area contributed by atoms with Crippen molar-refractivity contribution < 1.29 is 14.7 Å². The second kappa shape index (κ2) is 8.13. The minimum absolute atomic E-state index is 0.104. The zero-order chi connectivity index (χ0) is 12.6. The van der Waals surface area contributed by atoms with Crippen LogP contribution in [-0.2, 0) is 9.59 Å². The molecule has 0 aliphatic rings. The number of nitrogens with two attached hydrogens (primary N) is 1. The van der Waals surface area contributed by atoms with Crippen LogP contribution >= 0.6 is 0 Å². The third kappa shape index (κ3) is 6.43. The summed E-state index contributed by atoms with van der Waals surface area (Å²) < 4.78 is 0. The molecule has 0 heterocycles. The summed E-state index contributed by atoms with van der Waals surface area (Å²) in [5.74, 6) is -0.956. The van der Waals surface area contributed by atoms with Crippen LogP contribution in [0.25, 0.3) is 0 Å². The first-order valence-electron chi connectivity index (χ1n) is 6.02. The number of carboxylic acid groups (broad SMARTS) is 1. The number of aliphatic carboxylic acids is 1. The van der Waals surface area contributed by atoms with Gasteiger partial charge in [0, 0.05) is 12.3 Å². The monoisotopic (exact) mass is 229 g/mol. The van der Waals surface area contributed by atoms with Crippen LogP contribution in [0.15, 0.2) is 0 Å². The molecule has 1 unspecified atom stereocenters. The molecular formula is C12H23NO3. The summed E-state index contributed by atoms with van der Waals surface area (Å²) in [6.45, 7) is 3.97. The van der Waals surface area contributed by atoms with Gasteiger partial charge >= 0.3 is 5.97 Å². The molecule has 94 valence electrons. The maximum Gasteiger partial charge on any atom is 0.303 e. The van der Waals surface area contributed by atoms with Crippen molar-refractivity contribution >= 4 is 11.9 Å². The molecule has 0 aliphatic carbocycles. The molecule has 4 heteroatoms. The highest BCUT2D eigenvalue weighted by atomic mass is 16.4. The molecule has 0 aromatic carbocycles. The smallest absolute Gasteiger partial charge is 0.303 e. The van der Waals surface area contributed by atoms with Crippen molar-refractivity contribution in [3.05, 3.63) is 0 Å². The van der Waals surface area contributed by atoms with Crippen molar-refractivity contribution in [2.24, 2.45) is 17.6 Å². The Morgan fingerprint density at radius 3 is 2.19 bits per heavy atom. The van der Waals surface area contributed by atoms with Gasteiger partial charge in [-0.2, -0.15) is 0 Å². The summed E-state index contributed by atoms with van der Waals surface area (Å²) in [4.78, 5) is 21.7. The molecule has 0 saturated heterocycles. The Hall–Kier alpha value is -1.06. The SMILES string of the molecule is CCCC(CC[C@@H](CC)C(N)=O)CC(=O)O. The van der Waals surface area contributed by atoms with Crippen molar-refractivity contribution in [3.8, 4) is 0 Å². The molecule has 0 rings (SSSR count). The predicted octanol–water partition coefficient (Wildman–Crippen LogP) is 2.17. The molecule has 0 bridgehead atoms. The minimum Gasteiger partial charge on any atom is -0.481 e. The van der Waals surface area contributed by atoms with E-state index in [1.165, 1.54) is 0 Å². The molecule has 3 N–H and O–H groups in total. The van der Waals surface area contributed by atoms with Gasteiger partial charge in [-0.3, -0.25) is 9.59 Å². The molecule has 0 saturated carbocycles. The number of carbonyl (C=O) groups is 2. The molecule has 16 heavy (non-hydrogen) atoms. The first-order valence-corrected chi connectivity index (χ1v) is 6.02. The minimum atomic E-state index is -0.759. The van der Waals surface area contributed by atoms with Gasteiger partial charge in [0.25, 0.3) is 0 Å². The van der Waals surface area contributed by atoms with Gasteiger partial charge in [-0.25, -0.2) is 0 Å². The van der Waals surface area contributed by atoms with E-state index in [-0.39, 0.29) is 24.2 Å². The second-order valence-electron chi connectivity index (χ2n) is 4.34. The molecule has 1 amide bonds. The largest absolute Gasteiger partial charge is 0.481 e. The molecule has 4 nitrogen and oxygen atoms in total. The lowest BCUT2D eigenvalue weighted by molar-refractivity contribution is -0.138. The number of hydrogen-bond donors (Lipinski definition) is 2. The topological polar surface area (TPSA) is 80.4 Å². The number of hydrogen-bond acceptors (Lipinski definition) is 2. The molecular weight excluding hydrogens is 206 g/mol. The average molecular weight is 229 g/mol. The predicted molar refractivity (Wildman–Crippen MR) is 62.9 cm³/mol. The molecule has 0 fully saturated rings. The lowest BCUT2D eigenvalue weighted by Gasteiger charge is -2.16. The van der Waals surface area contributed by atoms with Gasteiger partial charge in [-0.05, 0) is 25.2 Å². The van der Waals surface area contributed by atoms with E-state index in [4.69, 9.17) is 10.8 Å². The number of carbonyl (C=O) groups excluding carboxylic acids is 1. The first-order chi connectivity index (χ1) is 7.51. The van der Waals surface area contributed by atoms with E-state index in [9.17, 15) is 9.59 Å². The normalized spacial score (nSPS) is 14.4. The molecule has 0 spiro atoms. The summed E-state index contributed by atoms with van der Waals surface area (Å²) >= 11 is 0. The van der Waals surface area contributed by atoms with Crippen molar-refractivity contribution in [1.29, 1.82) is 0 Å². The maximum atomic E-state index is 11.0. The molecule has 0 radical (unpaired) electrons. The number of primary amides is 1. The summed E-state index contributed by atoms with van der Waals surface area (Å²) in [5.41, 5.74) is 5.25. The number of carboxylic acids is 1. The van der Waals surface area contributed by atoms with E-state index in [1.54, 1.807) is 0 Å². The van der Waals surface area contributed by atoms with E-state index in [2.05, 4.69) is 0 Å². The molecule has 0 aromatic heterocycles. The zero-order valence-electron chi connectivity index (χ0n) is 10.2. The first kappa shape index (κ1) is 14.9. The van der Waals surface area contributed by atoms with Crippen LogP contribution in [0.2, 0.25) is 0 Å². The molecule has 0 aromatic rings. The Morgan fingerprint density at radius 1 is 1.19 bits per heavy atom. The summed E-state index contributed by atoms with van der Waals surface area (Å²) in [7, 11) is 0. The quantitative estimate of drug-likeness (QED) is 0.635. The fraction of sp³-hybridized carbons (Fsp3) is 0.833. The lowest BCUT2D eigenvalue weighted by atomic mass is 9.89. The molecule has 2 atom stereocenters. The number of rotatable bonds is 9. The van der Waals surface area contributed by atoms with E-state index in [0.29, 0.717) is 6.42 Å². The van der Waals surface area contributed by atoms with E-state index < -0.39 is 5.97 Å². The molecule has 0 aliphatic heterocycles. The van der Waals surface area contributed by atoms with Crippen LogP contribution in [0.1, 0.15) is 52.4 Å². The lowest BCUT2D eigenvalue weighted by Crippen LogP contribution is -2.23. The number of amides is 1. The van der Waals surface area contributed by atoms with Crippen molar-refractivity contribution in [1.82, 2.24) is 0 Å². The second-order valence-corrected chi connectivity index (χ2v) is 4.34. The van der Waals surface area contributed by atoms with E-state index >= 15 is 0 Å². The van der Waals surface area contributed by atoms with Crippen molar-refractivity contribution in [2.75, 3.05) is 0 Å². The summed E-state index contributed by atoms with van der Waals surface area (Å²) in [5, 5.41) is 8.75. The fourth-order valence-corrected chi connectivity index (χ4v) is 1.99. The van der Waals surface area contributed by atoms with Crippen LogP contribution in [0.3, 0.4) is 0 Å². The van der Waals surface area contributed by atoms with Gasteiger partial charge in [-0.1, -0.05) is 26.7 Å². The standard InChI is InChI=1S/C12H23NO3/c1-3-5-9(8-11(14)15)6-7-10(4-2)12(13)16/h9-10H,3-8H2,1-2H3,(H2,13,16)(H,14,15)/t9?,10-/m1/s1. The van der Waals surface area contributed by atoms with Crippen LogP contribution in [0, 0.1) is 11.8 Å². The highest BCUT2D eigenvalue weighted by Gasteiger charge is 2.17. The van der Waals surface area contributed by atoms with Gasteiger partial charge < -0.3 is 10.8 Å². The van der Waals surface area contributed by atoms with Gasteiger partial charge in [0.15, 0.2) is 0 Å². The van der Waals surface area contributed by atoms with Gasteiger partial charge in [-0.15, -0.1) is 0 Å². The van der Waals surface area contributed by atoms with Crippen molar-refractivity contribution in [3.63, 3.8) is 0 Å². The zero-order valence-corrected chi connectivity index (χ0v) is 10.2. The Kier molecular flexibility index (Phi) is 7.60. The van der Waals surface area contributed by atoms with Crippen LogP contribution in [0.5, 0.6) is 0 Å².